The second-order valence-corrected chi connectivity index (χ2v) is 8.08. The van der Waals surface area contributed by atoms with Crippen molar-refractivity contribution in [2.24, 2.45) is 0 Å². The number of hydrogen-bond donors (Lipinski definition) is 1. The molecule has 0 aliphatic heterocycles. The van der Waals surface area contributed by atoms with Crippen LogP contribution < -0.4 is 14.8 Å². The van der Waals surface area contributed by atoms with E-state index in [1.165, 1.54) is 0 Å². The largest absolute Gasteiger partial charge is 0.496 e. The van der Waals surface area contributed by atoms with Crippen molar-refractivity contribution in [3.05, 3.63) is 82.9 Å². The number of nitrogens with one attached hydrogen (secondary N) is 1. The minimum Gasteiger partial charge on any atom is -0.496 e. The lowest BCUT2D eigenvalue weighted by Crippen LogP contribution is -2.44. The molecule has 0 fully saturated rings. The van der Waals surface area contributed by atoms with Gasteiger partial charge in [0.05, 0.1) is 33.0 Å². The minimum atomic E-state index is -1.16. The number of carbonyl (C=O) groups excluding carboxylic acids is 2. The summed E-state index contributed by atoms with van der Waals surface area (Å²) in [5.41, 5.74) is 2.34. The molecule has 0 heterocycles. The molecular formula is C28H29F2NO6. The van der Waals surface area contributed by atoms with E-state index in [9.17, 15) is 18.4 Å². The van der Waals surface area contributed by atoms with Crippen molar-refractivity contribution in [1.82, 2.24) is 5.32 Å². The van der Waals surface area contributed by atoms with E-state index in [1.54, 1.807) is 40.4 Å². The lowest BCUT2D eigenvalue weighted by Gasteiger charge is -2.19. The number of hydrogen-bond acceptors (Lipinski definition) is 6. The van der Waals surface area contributed by atoms with Crippen molar-refractivity contribution < 1.29 is 37.3 Å². The molecule has 37 heavy (non-hydrogen) atoms. The van der Waals surface area contributed by atoms with Gasteiger partial charge in [0.15, 0.2) is 0 Å². The van der Waals surface area contributed by atoms with Gasteiger partial charge in [-0.15, -0.1) is 0 Å². The number of esters is 1. The van der Waals surface area contributed by atoms with Crippen molar-refractivity contribution in [3.63, 3.8) is 0 Å². The Balaban J connectivity index is 1.88. The van der Waals surface area contributed by atoms with E-state index in [-0.39, 0.29) is 13.0 Å². The fourth-order valence-electron chi connectivity index (χ4n) is 3.93. The Morgan fingerprint density at radius 2 is 1.49 bits per heavy atom. The predicted octanol–water partition coefficient (Wildman–Crippen LogP) is 4.70. The summed E-state index contributed by atoms with van der Waals surface area (Å²) in [6, 6.07) is 12.9. The van der Waals surface area contributed by atoms with Gasteiger partial charge in [0.1, 0.15) is 34.7 Å². The molecule has 196 valence electrons. The zero-order chi connectivity index (χ0) is 26.9. The van der Waals surface area contributed by atoms with E-state index < -0.39 is 35.1 Å². The van der Waals surface area contributed by atoms with Crippen LogP contribution in [0.4, 0.5) is 8.78 Å². The Kier molecular flexibility index (Phi) is 9.57. The van der Waals surface area contributed by atoms with E-state index >= 15 is 0 Å². The van der Waals surface area contributed by atoms with Crippen LogP contribution in [0.2, 0.25) is 0 Å². The highest BCUT2D eigenvalue weighted by atomic mass is 19.1. The first-order valence-electron chi connectivity index (χ1n) is 11.6. The highest BCUT2D eigenvalue weighted by Crippen LogP contribution is 2.40. The molecule has 3 aromatic carbocycles. The quantitative estimate of drug-likeness (QED) is 0.375. The third kappa shape index (κ3) is 6.62. The van der Waals surface area contributed by atoms with Crippen molar-refractivity contribution in [2.45, 2.75) is 26.0 Å². The van der Waals surface area contributed by atoms with Gasteiger partial charge in [-0.2, -0.15) is 0 Å². The highest BCUT2D eigenvalue weighted by Gasteiger charge is 2.26. The first-order chi connectivity index (χ1) is 17.8. The summed E-state index contributed by atoms with van der Waals surface area (Å²) < 4.78 is 49.6. The average molecular weight is 514 g/mol. The van der Waals surface area contributed by atoms with Gasteiger partial charge >= 0.3 is 5.97 Å². The van der Waals surface area contributed by atoms with Gasteiger partial charge in [0.2, 0.25) is 0 Å². The van der Waals surface area contributed by atoms with Crippen LogP contribution in [0.1, 0.15) is 28.4 Å². The monoisotopic (exact) mass is 513 g/mol. The molecule has 0 aliphatic carbocycles. The number of benzene rings is 3. The summed E-state index contributed by atoms with van der Waals surface area (Å²) in [5, 5.41) is 2.40. The summed E-state index contributed by atoms with van der Waals surface area (Å²) in [4.78, 5) is 25.2. The predicted molar refractivity (Wildman–Crippen MR) is 134 cm³/mol. The number of ether oxygens (including phenoxy) is 4. The molecule has 1 amide bonds. The second kappa shape index (κ2) is 12.8. The van der Waals surface area contributed by atoms with E-state index in [2.05, 4.69) is 5.32 Å². The minimum absolute atomic E-state index is 0.0436. The van der Waals surface area contributed by atoms with Crippen molar-refractivity contribution in [3.8, 4) is 22.6 Å². The van der Waals surface area contributed by atoms with Gasteiger partial charge in [-0.1, -0.05) is 30.3 Å². The van der Waals surface area contributed by atoms with E-state index in [0.717, 1.165) is 34.9 Å². The van der Waals surface area contributed by atoms with Crippen LogP contribution in [0.15, 0.2) is 54.6 Å². The first kappa shape index (κ1) is 27.6. The third-order valence-corrected chi connectivity index (χ3v) is 5.63. The second-order valence-electron chi connectivity index (χ2n) is 8.08. The first-order valence-corrected chi connectivity index (χ1v) is 11.6. The van der Waals surface area contributed by atoms with Crippen molar-refractivity contribution >= 4 is 11.9 Å². The summed E-state index contributed by atoms with van der Waals surface area (Å²) in [6.45, 7) is 2.10. The maximum absolute atomic E-state index is 14.1. The van der Waals surface area contributed by atoms with Crippen molar-refractivity contribution in [2.75, 3.05) is 27.9 Å². The average Bonchev–Trinajstić information content (AvgIpc) is 2.88. The Morgan fingerprint density at radius 1 is 0.892 bits per heavy atom. The molecule has 0 saturated heterocycles. The van der Waals surface area contributed by atoms with Crippen LogP contribution in [0, 0.1) is 11.6 Å². The summed E-state index contributed by atoms with van der Waals surface area (Å²) in [6.07, 6.45) is 0.0436. The lowest BCUT2D eigenvalue weighted by molar-refractivity contribution is -0.145. The Labute approximate surface area is 214 Å². The van der Waals surface area contributed by atoms with Crippen LogP contribution in [-0.2, 0) is 27.3 Å². The SMILES string of the molecule is CCOC(=O)[C@H](Cc1ccc(-c2c(OC)cc(COC)cc2OC)cc1)NC(=O)c1c(F)cccc1F. The van der Waals surface area contributed by atoms with Gasteiger partial charge in [-0.3, -0.25) is 4.79 Å². The van der Waals surface area contributed by atoms with E-state index in [0.29, 0.717) is 23.7 Å². The normalized spacial score (nSPS) is 11.5. The molecule has 3 aromatic rings. The molecule has 0 spiro atoms. The standard InChI is InChI=1S/C28H29F2NO6/c1-5-37-28(33)22(31-27(32)26-20(29)7-6-8-21(26)30)13-17-9-11-19(12-10-17)25-23(35-3)14-18(16-34-2)15-24(25)36-4/h6-12,14-15,22H,5,13,16H2,1-4H3,(H,31,32)/t22-/m0/s1. The molecule has 0 aliphatic rings. The van der Waals surface area contributed by atoms with Gasteiger partial charge < -0.3 is 24.3 Å². The van der Waals surface area contributed by atoms with Crippen LogP contribution in [-0.4, -0.2) is 45.9 Å². The number of halogens is 2. The third-order valence-electron chi connectivity index (χ3n) is 5.63. The van der Waals surface area contributed by atoms with Crippen LogP contribution in [0.5, 0.6) is 11.5 Å². The molecule has 7 nitrogen and oxygen atoms in total. The topological polar surface area (TPSA) is 83.1 Å². The highest BCUT2D eigenvalue weighted by molar-refractivity contribution is 5.97. The Bertz CT molecular complexity index is 1200. The fraction of sp³-hybridized carbons (Fsp3) is 0.286. The lowest BCUT2D eigenvalue weighted by atomic mass is 9.98. The molecule has 0 radical (unpaired) electrons. The maximum atomic E-state index is 14.1. The van der Waals surface area contributed by atoms with Gasteiger partial charge in [-0.25, -0.2) is 13.6 Å². The molecule has 1 N–H and O–H groups in total. The van der Waals surface area contributed by atoms with Gasteiger partial charge in [0.25, 0.3) is 5.91 Å². The Hall–Kier alpha value is -3.98. The van der Waals surface area contributed by atoms with E-state index in [1.807, 2.05) is 24.3 Å². The number of methoxy groups -OCH3 is 3. The summed E-state index contributed by atoms with van der Waals surface area (Å²) in [7, 11) is 4.73. The Morgan fingerprint density at radius 3 is 2.00 bits per heavy atom. The zero-order valence-corrected chi connectivity index (χ0v) is 21.1. The van der Waals surface area contributed by atoms with Crippen LogP contribution in [0.3, 0.4) is 0 Å². The number of amides is 1. The molecule has 0 saturated carbocycles. The molecule has 9 heteroatoms. The number of carbonyl (C=O) groups is 2. The fourth-order valence-corrected chi connectivity index (χ4v) is 3.93. The summed E-state index contributed by atoms with van der Waals surface area (Å²) >= 11 is 0. The molecule has 0 bridgehead atoms. The molecule has 1 atom stereocenters. The molecule has 0 aromatic heterocycles. The van der Waals surface area contributed by atoms with Crippen molar-refractivity contribution in [1.29, 1.82) is 0 Å². The smallest absolute Gasteiger partial charge is 0.328 e. The zero-order valence-electron chi connectivity index (χ0n) is 21.1. The van der Waals surface area contributed by atoms with Gasteiger partial charge in [-0.05, 0) is 47.9 Å². The van der Waals surface area contributed by atoms with E-state index in [4.69, 9.17) is 18.9 Å². The summed E-state index contributed by atoms with van der Waals surface area (Å²) in [5.74, 6) is -2.61. The maximum Gasteiger partial charge on any atom is 0.328 e. The van der Waals surface area contributed by atoms with Crippen LogP contribution in [0.25, 0.3) is 11.1 Å². The molecular weight excluding hydrogens is 484 g/mol. The number of rotatable bonds is 11. The van der Waals surface area contributed by atoms with Gasteiger partial charge in [0, 0.05) is 13.5 Å². The van der Waals surface area contributed by atoms with Crippen LogP contribution >= 0.6 is 0 Å². The molecule has 0 unspecified atom stereocenters. The molecule has 3 rings (SSSR count).